The second-order valence-electron chi connectivity index (χ2n) is 10.8. The molecule has 0 spiro atoms. The summed E-state index contributed by atoms with van der Waals surface area (Å²) in [5, 5.41) is 0. The van der Waals surface area contributed by atoms with Gasteiger partial charge in [0.1, 0.15) is 5.79 Å². The maximum absolute atomic E-state index is 6.74. The quantitative estimate of drug-likeness (QED) is 0.148. The molecule has 0 aliphatic rings. The second kappa shape index (κ2) is 11.6. The summed E-state index contributed by atoms with van der Waals surface area (Å²) in [5.41, 5.74) is 0.476. The largest absolute Gasteiger partial charge is 0.436 e. The highest BCUT2D eigenvalue weighted by atomic mass is 28.4. The van der Waals surface area contributed by atoms with E-state index in [1.165, 1.54) is 51.4 Å². The molecule has 164 valence electrons. The fourth-order valence-electron chi connectivity index (χ4n) is 3.75. The van der Waals surface area contributed by atoms with Crippen LogP contribution in [0.3, 0.4) is 0 Å². The highest BCUT2D eigenvalue weighted by Crippen LogP contribution is 2.36. The third-order valence-electron chi connectivity index (χ3n) is 4.65. The smallest absolute Gasteiger partial charge is 0.329 e. The first-order valence-electron chi connectivity index (χ1n) is 11.2. The minimum absolute atomic E-state index is 0.476. The summed E-state index contributed by atoms with van der Waals surface area (Å²) in [6.45, 7) is 24.5. The number of hydrogen-bond donors (Lipinski definition) is 0. The van der Waals surface area contributed by atoms with Crippen LogP contribution in [0.2, 0.25) is 51.4 Å². The first-order chi connectivity index (χ1) is 12.1. The molecule has 0 fully saturated rings. The van der Waals surface area contributed by atoms with Crippen LogP contribution in [0.15, 0.2) is 0 Å². The van der Waals surface area contributed by atoms with Crippen molar-refractivity contribution >= 4 is 25.2 Å². The molecule has 0 saturated carbocycles. The highest BCUT2D eigenvalue weighted by Gasteiger charge is 2.46. The Morgan fingerprint density at radius 2 is 1.19 bits per heavy atom. The molecular formula is C21H50O3Si3. The van der Waals surface area contributed by atoms with Crippen molar-refractivity contribution in [2.24, 2.45) is 0 Å². The van der Waals surface area contributed by atoms with Gasteiger partial charge in [0.2, 0.25) is 0 Å². The Hall–Kier alpha value is 0.531. The lowest BCUT2D eigenvalue weighted by molar-refractivity contribution is -0.107. The van der Waals surface area contributed by atoms with Crippen LogP contribution in [-0.4, -0.2) is 31.0 Å². The average molecular weight is 435 g/mol. The van der Waals surface area contributed by atoms with Crippen LogP contribution in [0.4, 0.5) is 0 Å². The lowest BCUT2D eigenvalue weighted by atomic mass is 10.1. The third kappa shape index (κ3) is 14.2. The van der Waals surface area contributed by atoms with Gasteiger partial charge in [-0.15, -0.1) is 0 Å². The average Bonchev–Trinajstić information content (AvgIpc) is 2.40. The molecule has 2 unspecified atom stereocenters. The molecule has 0 bridgehead atoms. The molecule has 6 heteroatoms. The molecule has 3 nitrogen and oxygen atoms in total. The molecule has 2 atom stereocenters. The Bertz CT molecular complexity index is 402. The predicted octanol–water partition coefficient (Wildman–Crippen LogP) is 8.04. The Morgan fingerprint density at radius 3 is 1.63 bits per heavy atom. The van der Waals surface area contributed by atoms with Crippen LogP contribution in [-0.2, 0) is 13.0 Å². The predicted molar refractivity (Wildman–Crippen MR) is 128 cm³/mol. The van der Waals surface area contributed by atoms with E-state index in [9.17, 15) is 0 Å². The zero-order valence-electron chi connectivity index (χ0n) is 20.5. The van der Waals surface area contributed by atoms with E-state index in [0.717, 1.165) is 0 Å². The maximum atomic E-state index is 6.74. The molecule has 0 aromatic heterocycles. The summed E-state index contributed by atoms with van der Waals surface area (Å²) in [6.07, 6.45) is 10.7. The van der Waals surface area contributed by atoms with Crippen LogP contribution in [0.25, 0.3) is 0 Å². The van der Waals surface area contributed by atoms with Crippen molar-refractivity contribution in [1.82, 2.24) is 0 Å². The summed E-state index contributed by atoms with van der Waals surface area (Å²) in [4.78, 5) is 0. The lowest BCUT2D eigenvalue weighted by Gasteiger charge is -2.44. The van der Waals surface area contributed by atoms with Crippen molar-refractivity contribution in [2.45, 2.75) is 136 Å². The molecule has 0 aliphatic carbocycles. The molecule has 0 amide bonds. The van der Waals surface area contributed by atoms with Crippen LogP contribution >= 0.6 is 0 Å². The Labute approximate surface area is 174 Å². The van der Waals surface area contributed by atoms with E-state index in [0.29, 0.717) is 5.54 Å². The summed E-state index contributed by atoms with van der Waals surface area (Å²) in [5.74, 6) is -0.570. The minimum Gasteiger partial charge on any atom is -0.436 e. The molecule has 0 aromatic rings. The van der Waals surface area contributed by atoms with Crippen LogP contribution < -0.4 is 0 Å². The van der Waals surface area contributed by atoms with Crippen molar-refractivity contribution in [2.75, 3.05) is 0 Å². The minimum atomic E-state index is -2.35. The first-order valence-corrected chi connectivity index (χ1v) is 20.4. The maximum Gasteiger partial charge on any atom is 0.329 e. The molecule has 0 rings (SSSR count). The van der Waals surface area contributed by atoms with Gasteiger partial charge < -0.3 is 13.0 Å². The van der Waals surface area contributed by atoms with E-state index in [-0.39, 0.29) is 0 Å². The van der Waals surface area contributed by atoms with Crippen molar-refractivity contribution in [3.05, 3.63) is 0 Å². The van der Waals surface area contributed by atoms with Gasteiger partial charge in [0.05, 0.1) is 0 Å². The molecule has 0 N–H and O–H groups in total. The van der Waals surface area contributed by atoms with Gasteiger partial charge >= 0.3 is 8.56 Å². The summed E-state index contributed by atoms with van der Waals surface area (Å²) in [6, 6.07) is 0. The van der Waals surface area contributed by atoms with E-state index in [2.05, 4.69) is 73.5 Å². The lowest BCUT2D eigenvalue weighted by Crippen LogP contribution is -2.56. The molecule has 27 heavy (non-hydrogen) atoms. The van der Waals surface area contributed by atoms with E-state index in [1.54, 1.807) is 0 Å². The monoisotopic (exact) mass is 434 g/mol. The van der Waals surface area contributed by atoms with Crippen LogP contribution in [0.1, 0.15) is 79.1 Å². The van der Waals surface area contributed by atoms with Crippen molar-refractivity contribution < 1.29 is 13.0 Å². The number of hydrogen-bond acceptors (Lipinski definition) is 3. The van der Waals surface area contributed by atoms with Crippen molar-refractivity contribution in [3.8, 4) is 0 Å². The zero-order valence-corrected chi connectivity index (χ0v) is 23.5. The van der Waals surface area contributed by atoms with Crippen LogP contribution in [0, 0.1) is 0 Å². The fourth-order valence-corrected chi connectivity index (χ4v) is 13.1. The van der Waals surface area contributed by atoms with Gasteiger partial charge in [-0.1, -0.05) is 58.8 Å². The first kappa shape index (κ1) is 27.5. The topological polar surface area (TPSA) is 27.7 Å². The summed E-state index contributed by atoms with van der Waals surface area (Å²) < 4.78 is 19.8. The van der Waals surface area contributed by atoms with Gasteiger partial charge in [0.25, 0.3) is 0 Å². The molecule has 0 aromatic carbocycles. The van der Waals surface area contributed by atoms with Gasteiger partial charge in [0, 0.05) is 0 Å². The van der Waals surface area contributed by atoms with E-state index in [1.807, 2.05) is 0 Å². The normalized spacial score (nSPS) is 17.0. The molecule has 0 aliphatic heterocycles. The Balaban J connectivity index is 4.85. The van der Waals surface area contributed by atoms with E-state index < -0.39 is 31.0 Å². The fraction of sp³-hybridized carbons (Fsp3) is 1.00. The summed E-state index contributed by atoms with van der Waals surface area (Å²) in [7, 11) is -5.72. The Morgan fingerprint density at radius 1 is 0.704 bits per heavy atom. The second-order valence-corrected chi connectivity index (χ2v) is 23.4. The highest BCUT2D eigenvalue weighted by molar-refractivity contribution is 6.82. The van der Waals surface area contributed by atoms with Crippen molar-refractivity contribution in [1.29, 1.82) is 0 Å². The van der Waals surface area contributed by atoms with Gasteiger partial charge in [-0.05, 0) is 71.6 Å². The number of rotatable bonds is 15. The van der Waals surface area contributed by atoms with E-state index in [4.69, 9.17) is 13.0 Å². The SMILES string of the molecule is CCCCCCCCCC(C)[Si](C)(OC(C)(C)O[Si](C)(C)C)O[Si](C)(C)C. The van der Waals surface area contributed by atoms with Gasteiger partial charge in [0.15, 0.2) is 16.6 Å². The summed E-state index contributed by atoms with van der Waals surface area (Å²) >= 11 is 0. The zero-order chi connectivity index (χ0) is 21.4. The standard InChI is InChI=1S/C21H50O3Si3/c1-12-13-14-15-16-17-18-19-20(2)27(11,24-26(8,9)10)23-21(3,4)22-25(5,6)7/h20H,12-19H2,1-11H3. The third-order valence-corrected chi connectivity index (χ3v) is 12.8. The van der Waals surface area contributed by atoms with Crippen LogP contribution in [0.5, 0.6) is 0 Å². The van der Waals surface area contributed by atoms with E-state index >= 15 is 0 Å². The van der Waals surface area contributed by atoms with Gasteiger partial charge in [-0.2, -0.15) is 0 Å². The Kier molecular flexibility index (Phi) is 11.9. The molecular weight excluding hydrogens is 384 g/mol. The molecule has 0 saturated heterocycles. The number of unbranched alkanes of at least 4 members (excludes halogenated alkanes) is 6. The molecule has 0 radical (unpaired) electrons. The van der Waals surface area contributed by atoms with Crippen molar-refractivity contribution in [3.63, 3.8) is 0 Å². The van der Waals surface area contributed by atoms with Gasteiger partial charge in [-0.25, -0.2) is 0 Å². The van der Waals surface area contributed by atoms with Gasteiger partial charge in [-0.3, -0.25) is 0 Å². The molecule has 0 heterocycles.